The van der Waals surface area contributed by atoms with Crippen LogP contribution >= 0.6 is 11.3 Å². The highest BCUT2D eigenvalue weighted by Gasteiger charge is 2.24. The molecule has 8 heteroatoms. The summed E-state index contributed by atoms with van der Waals surface area (Å²) in [6, 6.07) is 17.1. The van der Waals surface area contributed by atoms with Gasteiger partial charge in [-0.25, -0.2) is 13.4 Å². The number of carbonyl (C=O) groups is 1. The number of amides is 1. The molecule has 180 valence electrons. The minimum absolute atomic E-state index is 0.122. The summed E-state index contributed by atoms with van der Waals surface area (Å²) in [6.07, 6.45) is 1.74. The lowest BCUT2D eigenvalue weighted by atomic mass is 10.0. The van der Waals surface area contributed by atoms with Crippen LogP contribution in [0, 0.1) is 6.92 Å². The zero-order valence-corrected chi connectivity index (χ0v) is 21.5. The van der Waals surface area contributed by atoms with E-state index in [9.17, 15) is 13.2 Å². The molecule has 3 aromatic carbocycles. The van der Waals surface area contributed by atoms with Gasteiger partial charge in [-0.1, -0.05) is 19.1 Å². The lowest BCUT2D eigenvalue weighted by molar-refractivity contribution is 0.0732. The minimum atomic E-state index is -3.34. The van der Waals surface area contributed by atoms with E-state index >= 15 is 0 Å². The van der Waals surface area contributed by atoms with Crippen molar-refractivity contribution in [2.75, 3.05) is 19.4 Å². The molecular formula is C27H26N2O4S2. The van der Waals surface area contributed by atoms with Crippen molar-refractivity contribution in [3.05, 3.63) is 76.3 Å². The van der Waals surface area contributed by atoms with Gasteiger partial charge in [0.05, 0.1) is 26.7 Å². The molecule has 0 unspecified atom stereocenters. The van der Waals surface area contributed by atoms with Crippen molar-refractivity contribution in [3.63, 3.8) is 0 Å². The van der Waals surface area contributed by atoms with Crippen molar-refractivity contribution in [2.45, 2.75) is 31.7 Å². The molecule has 5 rings (SSSR count). The summed E-state index contributed by atoms with van der Waals surface area (Å²) in [5, 5.41) is 1.04. The molecule has 2 heterocycles. The zero-order chi connectivity index (χ0) is 24.7. The average molecular weight is 507 g/mol. The van der Waals surface area contributed by atoms with E-state index in [2.05, 4.69) is 29.2 Å². The summed E-state index contributed by atoms with van der Waals surface area (Å²) in [5.74, 6) is 0.654. The molecule has 0 saturated carbocycles. The van der Waals surface area contributed by atoms with Gasteiger partial charge in [0.25, 0.3) is 5.91 Å². The molecule has 1 aliphatic rings. The number of carbonyl (C=O) groups excluding carboxylic acids is 1. The van der Waals surface area contributed by atoms with Crippen LogP contribution in [-0.4, -0.2) is 43.6 Å². The molecule has 35 heavy (non-hydrogen) atoms. The third kappa shape index (κ3) is 4.68. The fraction of sp³-hybridized carbons (Fsp3) is 0.259. The number of aromatic nitrogens is 1. The monoisotopic (exact) mass is 506 g/mol. The van der Waals surface area contributed by atoms with Gasteiger partial charge in [0.1, 0.15) is 12.4 Å². The summed E-state index contributed by atoms with van der Waals surface area (Å²) < 4.78 is 31.1. The number of ether oxygens (including phenoxy) is 1. The molecule has 0 saturated heterocycles. The summed E-state index contributed by atoms with van der Waals surface area (Å²) in [5.41, 5.74) is 5.29. The van der Waals surface area contributed by atoms with E-state index in [-0.39, 0.29) is 10.8 Å². The Morgan fingerprint density at radius 1 is 1.09 bits per heavy atom. The second kappa shape index (κ2) is 9.09. The molecule has 1 amide bonds. The second-order valence-electron chi connectivity index (χ2n) is 8.76. The summed E-state index contributed by atoms with van der Waals surface area (Å²) >= 11 is 1.68. The molecular weight excluding hydrogens is 480 g/mol. The Hall–Kier alpha value is -3.23. The first-order chi connectivity index (χ1) is 16.7. The van der Waals surface area contributed by atoms with E-state index in [1.807, 2.05) is 26.0 Å². The summed E-state index contributed by atoms with van der Waals surface area (Å²) in [4.78, 5) is 20.1. The minimum Gasteiger partial charge on any atom is -0.491 e. The number of benzene rings is 3. The molecule has 1 aliphatic heterocycles. The maximum absolute atomic E-state index is 13.5. The number of sulfone groups is 1. The molecule has 0 atom stereocenters. The Morgan fingerprint density at radius 2 is 1.86 bits per heavy atom. The topological polar surface area (TPSA) is 76.6 Å². The Balaban J connectivity index is 1.46. The second-order valence-corrected chi connectivity index (χ2v) is 12.0. The fourth-order valence-electron chi connectivity index (χ4n) is 4.44. The molecule has 0 bridgehead atoms. The molecule has 0 spiro atoms. The van der Waals surface area contributed by atoms with Gasteiger partial charge in [-0.3, -0.25) is 4.79 Å². The van der Waals surface area contributed by atoms with Gasteiger partial charge in [-0.05, 0) is 72.5 Å². The predicted octanol–water partition coefficient (Wildman–Crippen LogP) is 5.27. The van der Waals surface area contributed by atoms with Crippen LogP contribution in [0.1, 0.15) is 33.4 Å². The Labute approximate surface area is 209 Å². The number of hydrogen-bond acceptors (Lipinski definition) is 6. The molecule has 4 aromatic rings. The highest BCUT2D eigenvalue weighted by atomic mass is 32.2. The largest absolute Gasteiger partial charge is 0.491 e. The summed E-state index contributed by atoms with van der Waals surface area (Å²) in [7, 11) is -3.34. The van der Waals surface area contributed by atoms with Gasteiger partial charge >= 0.3 is 0 Å². The SMILES string of the molecule is CCc1cc(S(C)(=O)=O)ccc1C(=O)N1CCOc2ccc(-c3ccc4sc(C)nc4c3)cc2C1. The van der Waals surface area contributed by atoms with Gasteiger partial charge in [-0.15, -0.1) is 11.3 Å². The van der Waals surface area contributed by atoms with Crippen LogP contribution < -0.4 is 4.74 Å². The third-order valence-electron chi connectivity index (χ3n) is 6.27. The average Bonchev–Trinajstić information content (AvgIpc) is 3.08. The predicted molar refractivity (Wildman–Crippen MR) is 139 cm³/mol. The third-order valence-corrected chi connectivity index (χ3v) is 8.33. The number of nitrogens with zero attached hydrogens (tertiary/aromatic N) is 2. The quantitative estimate of drug-likeness (QED) is 0.377. The first kappa shape index (κ1) is 23.5. The van der Waals surface area contributed by atoms with Crippen molar-refractivity contribution in [1.29, 1.82) is 0 Å². The molecule has 0 aliphatic carbocycles. The lowest BCUT2D eigenvalue weighted by Crippen LogP contribution is -2.33. The van der Waals surface area contributed by atoms with Gasteiger partial charge < -0.3 is 9.64 Å². The lowest BCUT2D eigenvalue weighted by Gasteiger charge is -2.22. The number of thiazole rings is 1. The molecule has 1 aromatic heterocycles. The van der Waals surface area contributed by atoms with Gasteiger partial charge in [0.2, 0.25) is 0 Å². The van der Waals surface area contributed by atoms with Crippen LogP contribution in [0.15, 0.2) is 59.5 Å². The van der Waals surface area contributed by atoms with Crippen LogP contribution in [-0.2, 0) is 22.8 Å². The van der Waals surface area contributed by atoms with Crippen molar-refractivity contribution in [3.8, 4) is 16.9 Å². The Bertz CT molecular complexity index is 1560. The first-order valence-corrected chi connectivity index (χ1v) is 14.2. The normalized spacial score (nSPS) is 13.9. The zero-order valence-electron chi connectivity index (χ0n) is 19.9. The Kier molecular flexibility index (Phi) is 6.11. The van der Waals surface area contributed by atoms with Crippen LogP contribution in [0.3, 0.4) is 0 Å². The smallest absolute Gasteiger partial charge is 0.254 e. The number of rotatable bonds is 4. The number of fused-ring (bicyclic) bond motifs is 2. The standard InChI is InChI=1S/C27H26N2O4S2/c1-4-18-14-22(35(3,31)32)7-8-23(18)27(30)29-11-12-33-25-9-5-19(13-21(25)16-29)20-6-10-26-24(15-20)28-17(2)34-26/h5-10,13-15H,4,11-12,16H2,1-3H3. The fourth-order valence-corrected chi connectivity index (χ4v) is 5.92. The number of aryl methyl sites for hydroxylation is 2. The van der Waals surface area contributed by atoms with Crippen molar-refractivity contribution in [2.24, 2.45) is 0 Å². The maximum atomic E-state index is 13.5. The van der Waals surface area contributed by atoms with E-state index in [1.165, 1.54) is 12.3 Å². The summed E-state index contributed by atoms with van der Waals surface area (Å²) in [6.45, 7) is 5.19. The van der Waals surface area contributed by atoms with Crippen molar-refractivity contribution >= 4 is 37.3 Å². The van der Waals surface area contributed by atoms with Crippen LogP contribution in [0.2, 0.25) is 0 Å². The van der Waals surface area contributed by atoms with Crippen molar-refractivity contribution in [1.82, 2.24) is 9.88 Å². The van der Waals surface area contributed by atoms with E-state index in [0.29, 0.717) is 31.7 Å². The maximum Gasteiger partial charge on any atom is 0.254 e. The van der Waals surface area contributed by atoms with E-state index < -0.39 is 9.84 Å². The molecule has 6 nitrogen and oxygen atoms in total. The first-order valence-electron chi connectivity index (χ1n) is 11.5. The Morgan fingerprint density at radius 3 is 2.63 bits per heavy atom. The van der Waals surface area contributed by atoms with Crippen molar-refractivity contribution < 1.29 is 17.9 Å². The van der Waals surface area contributed by atoms with Gasteiger partial charge in [0.15, 0.2) is 9.84 Å². The van der Waals surface area contributed by atoms with E-state index in [0.717, 1.165) is 43.2 Å². The van der Waals surface area contributed by atoms with Crippen LogP contribution in [0.4, 0.5) is 0 Å². The molecule has 0 radical (unpaired) electrons. The van der Waals surface area contributed by atoms with Gasteiger partial charge in [-0.2, -0.15) is 0 Å². The molecule has 0 fully saturated rings. The van der Waals surface area contributed by atoms with E-state index in [1.54, 1.807) is 28.4 Å². The van der Waals surface area contributed by atoms with Crippen LogP contribution in [0.25, 0.3) is 21.3 Å². The van der Waals surface area contributed by atoms with Crippen LogP contribution in [0.5, 0.6) is 5.75 Å². The highest BCUT2D eigenvalue weighted by Crippen LogP contribution is 2.32. The van der Waals surface area contributed by atoms with E-state index in [4.69, 9.17) is 4.74 Å². The van der Waals surface area contributed by atoms with Gasteiger partial charge in [0, 0.05) is 23.9 Å². The highest BCUT2D eigenvalue weighted by molar-refractivity contribution is 7.90. The molecule has 0 N–H and O–H groups in total. The number of hydrogen-bond donors (Lipinski definition) is 0.